The Kier molecular flexibility index (Phi) is 4.73. The van der Waals surface area contributed by atoms with E-state index in [1.54, 1.807) is 40.9 Å². The van der Waals surface area contributed by atoms with Crippen LogP contribution in [0, 0.1) is 0 Å². The molecule has 0 radical (unpaired) electrons. The van der Waals surface area contributed by atoms with Gasteiger partial charge in [-0.05, 0) is 42.0 Å². The SMILES string of the molecule is COC(=O)c1ccc(N2C(=O)CS[C@@H]2c2ccc(Br)cc2)cc1. The first-order valence-corrected chi connectivity index (χ1v) is 8.82. The van der Waals surface area contributed by atoms with E-state index in [9.17, 15) is 9.59 Å². The van der Waals surface area contributed by atoms with Crippen LogP contribution in [0.3, 0.4) is 0 Å². The van der Waals surface area contributed by atoms with Crippen LogP contribution in [0.2, 0.25) is 0 Å². The van der Waals surface area contributed by atoms with E-state index in [-0.39, 0.29) is 17.3 Å². The van der Waals surface area contributed by atoms with Crippen molar-refractivity contribution < 1.29 is 14.3 Å². The normalized spacial score (nSPS) is 17.4. The lowest BCUT2D eigenvalue weighted by atomic mass is 10.1. The smallest absolute Gasteiger partial charge is 0.337 e. The largest absolute Gasteiger partial charge is 0.465 e. The van der Waals surface area contributed by atoms with Crippen LogP contribution < -0.4 is 4.90 Å². The van der Waals surface area contributed by atoms with Crippen LogP contribution in [0.25, 0.3) is 0 Å². The van der Waals surface area contributed by atoms with Crippen molar-refractivity contribution in [3.05, 3.63) is 64.1 Å². The fraction of sp³-hybridized carbons (Fsp3) is 0.176. The zero-order chi connectivity index (χ0) is 16.4. The molecule has 0 aromatic heterocycles. The Labute approximate surface area is 146 Å². The first kappa shape index (κ1) is 16.1. The summed E-state index contributed by atoms with van der Waals surface area (Å²) in [6.45, 7) is 0. The number of esters is 1. The minimum absolute atomic E-state index is 0.0559. The van der Waals surface area contributed by atoms with Crippen molar-refractivity contribution >= 4 is 45.3 Å². The van der Waals surface area contributed by atoms with Gasteiger partial charge in [0, 0.05) is 10.2 Å². The Morgan fingerprint density at radius 1 is 1.17 bits per heavy atom. The molecule has 1 saturated heterocycles. The van der Waals surface area contributed by atoms with Gasteiger partial charge in [0.25, 0.3) is 0 Å². The lowest BCUT2D eigenvalue weighted by Gasteiger charge is -2.24. The third-order valence-electron chi connectivity index (χ3n) is 3.59. The molecule has 0 spiro atoms. The zero-order valence-corrected chi connectivity index (χ0v) is 14.8. The predicted molar refractivity (Wildman–Crippen MR) is 94.6 cm³/mol. The number of carbonyl (C=O) groups excluding carboxylic acids is 2. The zero-order valence-electron chi connectivity index (χ0n) is 12.4. The fourth-order valence-electron chi connectivity index (χ4n) is 2.45. The summed E-state index contributed by atoms with van der Waals surface area (Å²) >= 11 is 5.02. The van der Waals surface area contributed by atoms with Crippen molar-refractivity contribution in [2.45, 2.75) is 5.37 Å². The number of ether oxygens (including phenoxy) is 1. The molecule has 1 fully saturated rings. The number of nitrogens with zero attached hydrogens (tertiary/aromatic N) is 1. The summed E-state index contributed by atoms with van der Waals surface area (Å²) in [5, 5.41) is -0.0559. The van der Waals surface area contributed by atoms with Gasteiger partial charge in [0.15, 0.2) is 0 Å². The van der Waals surface area contributed by atoms with Crippen molar-refractivity contribution in [2.24, 2.45) is 0 Å². The number of methoxy groups -OCH3 is 1. The molecule has 0 saturated carbocycles. The highest BCUT2D eigenvalue weighted by molar-refractivity contribution is 9.10. The minimum Gasteiger partial charge on any atom is -0.465 e. The molecule has 0 aliphatic carbocycles. The van der Waals surface area contributed by atoms with Crippen molar-refractivity contribution in [3.8, 4) is 0 Å². The number of hydrogen-bond donors (Lipinski definition) is 0. The Morgan fingerprint density at radius 2 is 1.83 bits per heavy atom. The Morgan fingerprint density at radius 3 is 2.43 bits per heavy atom. The molecule has 2 aromatic rings. The third kappa shape index (κ3) is 3.28. The summed E-state index contributed by atoms with van der Waals surface area (Å²) in [5.41, 5.74) is 2.32. The number of halogens is 1. The number of benzene rings is 2. The molecule has 2 aromatic carbocycles. The summed E-state index contributed by atoms with van der Waals surface area (Å²) in [6, 6.07) is 14.9. The van der Waals surface area contributed by atoms with Crippen LogP contribution in [0.15, 0.2) is 53.0 Å². The monoisotopic (exact) mass is 391 g/mol. The van der Waals surface area contributed by atoms with E-state index in [1.165, 1.54) is 7.11 Å². The molecular weight excluding hydrogens is 378 g/mol. The summed E-state index contributed by atoms with van der Waals surface area (Å²) in [5.74, 6) is 0.122. The average Bonchev–Trinajstić information content (AvgIpc) is 2.96. The van der Waals surface area contributed by atoms with E-state index in [0.29, 0.717) is 11.3 Å². The van der Waals surface area contributed by atoms with E-state index in [4.69, 9.17) is 4.74 Å². The Hall–Kier alpha value is -1.79. The molecule has 0 unspecified atom stereocenters. The molecule has 0 bridgehead atoms. The summed E-state index contributed by atoms with van der Waals surface area (Å²) < 4.78 is 5.70. The second-order valence-corrected chi connectivity index (χ2v) is 7.00. The lowest BCUT2D eigenvalue weighted by Crippen LogP contribution is -2.27. The molecule has 1 heterocycles. The Balaban J connectivity index is 1.90. The highest BCUT2D eigenvalue weighted by atomic mass is 79.9. The molecule has 1 aliphatic heterocycles. The molecule has 6 heteroatoms. The van der Waals surface area contributed by atoms with Gasteiger partial charge in [-0.25, -0.2) is 4.79 Å². The number of carbonyl (C=O) groups is 2. The van der Waals surface area contributed by atoms with Gasteiger partial charge >= 0.3 is 5.97 Å². The van der Waals surface area contributed by atoms with Gasteiger partial charge in [0.1, 0.15) is 5.37 Å². The van der Waals surface area contributed by atoms with Crippen LogP contribution in [0.5, 0.6) is 0 Å². The standard InChI is InChI=1S/C17H14BrNO3S/c1-22-17(21)12-4-8-14(9-5-12)19-15(20)10-23-16(19)11-2-6-13(18)7-3-11/h2-9,16H,10H2,1H3/t16-/m1/s1. The van der Waals surface area contributed by atoms with Crippen molar-refractivity contribution in [1.82, 2.24) is 0 Å². The van der Waals surface area contributed by atoms with E-state index in [1.807, 2.05) is 24.3 Å². The number of hydrogen-bond acceptors (Lipinski definition) is 4. The van der Waals surface area contributed by atoms with Crippen LogP contribution in [-0.4, -0.2) is 24.7 Å². The van der Waals surface area contributed by atoms with Crippen molar-refractivity contribution in [3.63, 3.8) is 0 Å². The molecule has 0 N–H and O–H groups in total. The quantitative estimate of drug-likeness (QED) is 0.741. The molecule has 1 amide bonds. The summed E-state index contributed by atoms with van der Waals surface area (Å²) in [6.07, 6.45) is 0. The maximum atomic E-state index is 12.3. The number of rotatable bonds is 3. The van der Waals surface area contributed by atoms with Gasteiger partial charge in [0.05, 0.1) is 18.4 Å². The van der Waals surface area contributed by atoms with Crippen LogP contribution in [0.4, 0.5) is 5.69 Å². The lowest BCUT2D eigenvalue weighted by molar-refractivity contribution is -0.115. The van der Waals surface area contributed by atoms with Gasteiger partial charge in [-0.2, -0.15) is 0 Å². The topological polar surface area (TPSA) is 46.6 Å². The van der Waals surface area contributed by atoms with E-state index in [0.717, 1.165) is 15.7 Å². The molecule has 4 nitrogen and oxygen atoms in total. The molecule has 1 atom stereocenters. The third-order valence-corrected chi connectivity index (χ3v) is 5.33. The van der Waals surface area contributed by atoms with Gasteiger partial charge in [-0.1, -0.05) is 28.1 Å². The van der Waals surface area contributed by atoms with Gasteiger partial charge in [-0.3, -0.25) is 9.69 Å². The van der Waals surface area contributed by atoms with E-state index < -0.39 is 0 Å². The second kappa shape index (κ2) is 6.76. The van der Waals surface area contributed by atoms with E-state index >= 15 is 0 Å². The van der Waals surface area contributed by atoms with Gasteiger partial charge in [-0.15, -0.1) is 11.8 Å². The average molecular weight is 392 g/mol. The molecule has 23 heavy (non-hydrogen) atoms. The molecule has 3 rings (SSSR count). The van der Waals surface area contributed by atoms with Gasteiger partial charge < -0.3 is 4.74 Å². The Bertz CT molecular complexity index is 731. The highest BCUT2D eigenvalue weighted by Gasteiger charge is 2.34. The first-order valence-electron chi connectivity index (χ1n) is 6.97. The van der Waals surface area contributed by atoms with Gasteiger partial charge in [0.2, 0.25) is 5.91 Å². The predicted octanol–water partition coefficient (Wildman–Crippen LogP) is 4.01. The second-order valence-electron chi connectivity index (χ2n) is 5.02. The fourth-order valence-corrected chi connectivity index (χ4v) is 3.89. The maximum Gasteiger partial charge on any atom is 0.337 e. The maximum absolute atomic E-state index is 12.3. The number of amides is 1. The molecular formula is C17H14BrNO3S. The number of anilines is 1. The highest BCUT2D eigenvalue weighted by Crippen LogP contribution is 2.41. The molecule has 118 valence electrons. The minimum atomic E-state index is -0.386. The van der Waals surface area contributed by atoms with Crippen LogP contribution >= 0.6 is 27.7 Å². The van der Waals surface area contributed by atoms with Crippen molar-refractivity contribution in [1.29, 1.82) is 0 Å². The number of thioether (sulfide) groups is 1. The van der Waals surface area contributed by atoms with E-state index in [2.05, 4.69) is 15.9 Å². The van der Waals surface area contributed by atoms with Crippen molar-refractivity contribution in [2.75, 3.05) is 17.8 Å². The van der Waals surface area contributed by atoms with Crippen LogP contribution in [0.1, 0.15) is 21.3 Å². The first-order chi connectivity index (χ1) is 11.1. The van der Waals surface area contributed by atoms with Crippen LogP contribution in [-0.2, 0) is 9.53 Å². The summed E-state index contributed by atoms with van der Waals surface area (Å²) in [7, 11) is 1.35. The molecule has 1 aliphatic rings. The summed E-state index contributed by atoms with van der Waals surface area (Å²) in [4.78, 5) is 25.6.